The van der Waals surface area contributed by atoms with Crippen LogP contribution in [0.4, 0.5) is 11.4 Å². The standard InChI is InChI=1S/C13H13N3O2/c1-15-10-2-3-12-9(6-10)7-13(18)16(12)8-11(17)4-5-14/h2-3,6,15H,4,7-8H2,1H3. The van der Waals surface area contributed by atoms with E-state index in [2.05, 4.69) is 5.32 Å². The monoisotopic (exact) mass is 243 g/mol. The zero-order valence-electron chi connectivity index (χ0n) is 10.1. The largest absolute Gasteiger partial charge is 0.388 e. The molecule has 0 bridgehead atoms. The lowest BCUT2D eigenvalue weighted by atomic mass is 10.1. The van der Waals surface area contributed by atoms with Gasteiger partial charge in [-0.2, -0.15) is 5.26 Å². The van der Waals surface area contributed by atoms with Gasteiger partial charge >= 0.3 is 0 Å². The van der Waals surface area contributed by atoms with E-state index < -0.39 is 0 Å². The van der Waals surface area contributed by atoms with Crippen LogP contribution in [0.15, 0.2) is 18.2 Å². The molecule has 1 aliphatic heterocycles. The minimum atomic E-state index is -0.239. The Bertz CT molecular complexity index is 546. The topological polar surface area (TPSA) is 73.2 Å². The summed E-state index contributed by atoms with van der Waals surface area (Å²) in [5, 5.41) is 11.5. The number of anilines is 2. The van der Waals surface area contributed by atoms with Gasteiger partial charge in [-0.1, -0.05) is 0 Å². The number of ketones is 1. The zero-order chi connectivity index (χ0) is 13.1. The van der Waals surface area contributed by atoms with Crippen molar-refractivity contribution < 1.29 is 9.59 Å². The molecule has 0 atom stereocenters. The molecule has 92 valence electrons. The predicted octanol–water partition coefficient (Wildman–Crippen LogP) is 1.10. The van der Waals surface area contributed by atoms with Crippen LogP contribution in [0.25, 0.3) is 0 Å². The van der Waals surface area contributed by atoms with Gasteiger partial charge in [-0.15, -0.1) is 0 Å². The van der Waals surface area contributed by atoms with E-state index in [1.807, 2.05) is 25.2 Å². The first kappa shape index (κ1) is 12.1. The molecule has 0 spiro atoms. The van der Waals surface area contributed by atoms with Gasteiger partial charge in [-0.05, 0) is 23.8 Å². The first-order valence-corrected chi connectivity index (χ1v) is 5.65. The molecular formula is C13H13N3O2. The number of hydrogen-bond donors (Lipinski definition) is 1. The zero-order valence-corrected chi connectivity index (χ0v) is 10.1. The lowest BCUT2D eigenvalue weighted by Crippen LogP contribution is -2.32. The molecule has 2 rings (SSSR count). The SMILES string of the molecule is CNc1ccc2c(c1)CC(=O)N2CC(=O)CC#N. The average molecular weight is 243 g/mol. The number of fused-ring (bicyclic) bond motifs is 1. The fourth-order valence-corrected chi connectivity index (χ4v) is 2.03. The minimum absolute atomic E-state index is 0.0156. The first-order valence-electron chi connectivity index (χ1n) is 5.65. The third-order valence-corrected chi connectivity index (χ3v) is 2.91. The maximum Gasteiger partial charge on any atom is 0.231 e. The highest BCUT2D eigenvalue weighted by Crippen LogP contribution is 2.30. The Balaban J connectivity index is 2.23. The van der Waals surface area contributed by atoms with E-state index in [0.29, 0.717) is 6.42 Å². The van der Waals surface area contributed by atoms with Gasteiger partial charge in [0.2, 0.25) is 5.91 Å². The van der Waals surface area contributed by atoms with E-state index in [9.17, 15) is 9.59 Å². The van der Waals surface area contributed by atoms with Crippen LogP contribution >= 0.6 is 0 Å². The quantitative estimate of drug-likeness (QED) is 0.859. The molecule has 0 aliphatic carbocycles. The molecule has 1 heterocycles. The molecule has 1 aromatic rings. The van der Waals surface area contributed by atoms with Crippen LogP contribution in [-0.2, 0) is 16.0 Å². The van der Waals surface area contributed by atoms with Crippen LogP contribution in [-0.4, -0.2) is 25.3 Å². The number of carbonyl (C=O) groups is 2. The second kappa shape index (κ2) is 4.88. The van der Waals surface area contributed by atoms with Gasteiger partial charge in [-0.3, -0.25) is 9.59 Å². The molecule has 0 aromatic heterocycles. The summed E-state index contributed by atoms with van der Waals surface area (Å²) in [4.78, 5) is 24.7. The Hall–Kier alpha value is -2.35. The minimum Gasteiger partial charge on any atom is -0.388 e. The molecule has 0 saturated carbocycles. The van der Waals surface area contributed by atoms with Crippen molar-refractivity contribution in [2.24, 2.45) is 0 Å². The average Bonchev–Trinajstić information content (AvgIpc) is 2.65. The van der Waals surface area contributed by atoms with Crippen LogP contribution < -0.4 is 10.2 Å². The first-order chi connectivity index (χ1) is 8.65. The number of rotatable bonds is 4. The number of amides is 1. The van der Waals surface area contributed by atoms with Crippen molar-refractivity contribution in [2.75, 3.05) is 23.8 Å². The van der Waals surface area contributed by atoms with Gasteiger partial charge in [0.25, 0.3) is 0 Å². The van der Waals surface area contributed by atoms with E-state index in [-0.39, 0.29) is 24.7 Å². The summed E-state index contributed by atoms with van der Waals surface area (Å²) in [6.07, 6.45) is 0.151. The molecule has 1 amide bonds. The highest BCUT2D eigenvalue weighted by Gasteiger charge is 2.28. The third-order valence-electron chi connectivity index (χ3n) is 2.91. The number of benzene rings is 1. The summed E-state index contributed by atoms with van der Waals surface area (Å²) in [6.45, 7) is -0.0156. The number of carbonyl (C=O) groups excluding carboxylic acids is 2. The maximum atomic E-state index is 11.8. The van der Waals surface area contributed by atoms with E-state index in [0.717, 1.165) is 16.9 Å². The Labute approximate surface area is 105 Å². The molecule has 0 saturated heterocycles. The molecule has 5 nitrogen and oxygen atoms in total. The Kier molecular flexibility index (Phi) is 3.28. The van der Waals surface area contributed by atoms with Crippen LogP contribution in [0, 0.1) is 11.3 Å². The molecule has 1 aliphatic rings. The molecule has 5 heteroatoms. The lowest BCUT2D eigenvalue weighted by molar-refractivity contribution is -0.121. The van der Waals surface area contributed by atoms with Crippen molar-refractivity contribution in [3.63, 3.8) is 0 Å². The summed E-state index contributed by atoms with van der Waals surface area (Å²) in [5.74, 6) is -0.332. The summed E-state index contributed by atoms with van der Waals surface area (Å²) in [5.41, 5.74) is 2.62. The van der Waals surface area contributed by atoms with Gasteiger partial charge in [0.05, 0.1) is 25.5 Å². The Morgan fingerprint density at radius 3 is 3.00 bits per heavy atom. The van der Waals surface area contributed by atoms with Crippen LogP contribution in [0.2, 0.25) is 0 Å². The second-order valence-corrected chi connectivity index (χ2v) is 4.12. The highest BCUT2D eigenvalue weighted by molar-refractivity contribution is 6.05. The van der Waals surface area contributed by atoms with Crippen molar-refractivity contribution in [1.29, 1.82) is 5.26 Å². The molecule has 1 N–H and O–H groups in total. The van der Waals surface area contributed by atoms with Crippen molar-refractivity contribution in [2.45, 2.75) is 12.8 Å². The number of nitrogens with one attached hydrogen (secondary N) is 1. The lowest BCUT2D eigenvalue weighted by Gasteiger charge is -2.16. The summed E-state index contributed by atoms with van der Waals surface area (Å²) >= 11 is 0. The van der Waals surface area contributed by atoms with Gasteiger partial charge in [0, 0.05) is 18.4 Å². The van der Waals surface area contributed by atoms with Gasteiger partial charge in [-0.25, -0.2) is 0 Å². The van der Waals surface area contributed by atoms with Crippen molar-refractivity contribution in [3.8, 4) is 6.07 Å². The highest BCUT2D eigenvalue weighted by atomic mass is 16.2. The fraction of sp³-hybridized carbons (Fsp3) is 0.308. The number of nitrogens with zero attached hydrogens (tertiary/aromatic N) is 2. The number of nitriles is 1. The smallest absolute Gasteiger partial charge is 0.231 e. The van der Waals surface area contributed by atoms with Crippen molar-refractivity contribution >= 4 is 23.1 Å². The summed E-state index contributed by atoms with van der Waals surface area (Å²) in [7, 11) is 1.81. The van der Waals surface area contributed by atoms with E-state index in [4.69, 9.17) is 5.26 Å². The summed E-state index contributed by atoms with van der Waals surface area (Å²) in [6, 6.07) is 7.39. The number of Topliss-reactive ketones (excluding diaryl/α,β-unsaturated/α-hetero) is 1. The van der Waals surface area contributed by atoms with Gasteiger partial charge in [0.15, 0.2) is 5.78 Å². The van der Waals surface area contributed by atoms with Gasteiger partial charge < -0.3 is 10.2 Å². The van der Waals surface area contributed by atoms with Crippen LogP contribution in [0.3, 0.4) is 0 Å². The van der Waals surface area contributed by atoms with Crippen molar-refractivity contribution in [3.05, 3.63) is 23.8 Å². The number of hydrogen-bond acceptors (Lipinski definition) is 4. The Morgan fingerprint density at radius 2 is 2.33 bits per heavy atom. The van der Waals surface area contributed by atoms with E-state index >= 15 is 0 Å². The normalized spacial score (nSPS) is 13.1. The van der Waals surface area contributed by atoms with Crippen molar-refractivity contribution in [1.82, 2.24) is 0 Å². The molecule has 18 heavy (non-hydrogen) atoms. The molecule has 1 aromatic carbocycles. The van der Waals surface area contributed by atoms with Crippen LogP contribution in [0.5, 0.6) is 0 Å². The van der Waals surface area contributed by atoms with E-state index in [1.54, 1.807) is 6.07 Å². The Morgan fingerprint density at radius 1 is 1.56 bits per heavy atom. The third kappa shape index (κ3) is 2.18. The molecule has 0 radical (unpaired) electrons. The molecular weight excluding hydrogens is 230 g/mol. The second-order valence-electron chi connectivity index (χ2n) is 4.12. The molecule has 0 unspecified atom stereocenters. The predicted molar refractivity (Wildman–Crippen MR) is 67.3 cm³/mol. The maximum absolute atomic E-state index is 11.8. The molecule has 0 fully saturated rings. The van der Waals surface area contributed by atoms with E-state index in [1.165, 1.54) is 4.90 Å². The van der Waals surface area contributed by atoms with Crippen LogP contribution in [0.1, 0.15) is 12.0 Å². The summed E-state index contributed by atoms with van der Waals surface area (Å²) < 4.78 is 0. The van der Waals surface area contributed by atoms with Gasteiger partial charge in [0.1, 0.15) is 0 Å². The fourth-order valence-electron chi connectivity index (χ4n) is 2.03.